The number of rotatable bonds is 6. The molecule has 7 heteroatoms. The molecule has 134 valence electrons. The fourth-order valence-corrected chi connectivity index (χ4v) is 2.29. The Balaban J connectivity index is 1.65. The van der Waals surface area contributed by atoms with E-state index in [1.165, 1.54) is 18.3 Å². The lowest BCUT2D eigenvalue weighted by molar-refractivity contribution is 0.0526. The van der Waals surface area contributed by atoms with Gasteiger partial charge in [0.2, 0.25) is 0 Å². The zero-order valence-corrected chi connectivity index (χ0v) is 14.3. The molecule has 0 aliphatic heterocycles. The van der Waals surface area contributed by atoms with Crippen molar-refractivity contribution >= 4 is 23.5 Å². The van der Waals surface area contributed by atoms with E-state index in [1.54, 1.807) is 31.2 Å². The molecule has 1 aliphatic rings. The minimum atomic E-state index is -0.411. The number of anilines is 1. The zero-order valence-electron chi connectivity index (χ0n) is 14.3. The van der Waals surface area contributed by atoms with Crippen molar-refractivity contribution in [2.24, 2.45) is 0 Å². The highest BCUT2D eigenvalue weighted by Crippen LogP contribution is 2.19. The second-order valence-electron chi connectivity index (χ2n) is 5.93. The van der Waals surface area contributed by atoms with Crippen LogP contribution in [-0.4, -0.2) is 35.4 Å². The minimum Gasteiger partial charge on any atom is -0.462 e. The molecule has 0 saturated heterocycles. The van der Waals surface area contributed by atoms with Gasteiger partial charge in [-0.1, -0.05) is 0 Å². The molecule has 7 nitrogen and oxygen atoms in total. The average molecular weight is 353 g/mol. The summed E-state index contributed by atoms with van der Waals surface area (Å²) in [4.78, 5) is 40.1. The zero-order chi connectivity index (χ0) is 18.5. The van der Waals surface area contributed by atoms with E-state index in [2.05, 4.69) is 15.6 Å². The van der Waals surface area contributed by atoms with Gasteiger partial charge in [-0.05, 0) is 56.2 Å². The van der Waals surface area contributed by atoms with Gasteiger partial charge in [-0.15, -0.1) is 0 Å². The summed E-state index contributed by atoms with van der Waals surface area (Å²) in [6.45, 7) is 2.04. The second kappa shape index (κ2) is 7.77. The molecule has 1 aromatic heterocycles. The summed E-state index contributed by atoms with van der Waals surface area (Å²) in [5.74, 6) is -1.05. The van der Waals surface area contributed by atoms with Crippen molar-refractivity contribution in [3.05, 3.63) is 59.4 Å². The van der Waals surface area contributed by atoms with Crippen LogP contribution in [-0.2, 0) is 4.74 Å². The molecule has 0 unspecified atom stereocenters. The maximum atomic E-state index is 12.4. The first kappa shape index (κ1) is 17.6. The molecule has 0 spiro atoms. The first-order chi connectivity index (χ1) is 12.6. The molecule has 0 bridgehead atoms. The van der Waals surface area contributed by atoms with Gasteiger partial charge in [0.25, 0.3) is 11.8 Å². The van der Waals surface area contributed by atoms with E-state index in [0.29, 0.717) is 23.4 Å². The SMILES string of the molecule is CCOC(=O)c1ccc(NC(=O)c2ccnc(C(=O)NC3CC3)c2)cc1. The van der Waals surface area contributed by atoms with Crippen molar-refractivity contribution in [1.29, 1.82) is 0 Å². The Kier molecular flexibility index (Phi) is 5.26. The monoisotopic (exact) mass is 353 g/mol. The molecule has 26 heavy (non-hydrogen) atoms. The van der Waals surface area contributed by atoms with Gasteiger partial charge >= 0.3 is 5.97 Å². The Hall–Kier alpha value is -3.22. The van der Waals surface area contributed by atoms with Crippen LogP contribution in [0.1, 0.15) is 51.0 Å². The van der Waals surface area contributed by atoms with Gasteiger partial charge in [0.1, 0.15) is 5.69 Å². The fourth-order valence-electron chi connectivity index (χ4n) is 2.29. The largest absolute Gasteiger partial charge is 0.462 e. The molecule has 1 fully saturated rings. The molecule has 2 aromatic rings. The van der Waals surface area contributed by atoms with E-state index in [-0.39, 0.29) is 23.6 Å². The lowest BCUT2D eigenvalue weighted by Crippen LogP contribution is -2.26. The van der Waals surface area contributed by atoms with Crippen LogP contribution < -0.4 is 10.6 Å². The molecule has 0 atom stereocenters. The number of carbonyl (C=O) groups is 3. The van der Waals surface area contributed by atoms with Crippen molar-refractivity contribution in [2.75, 3.05) is 11.9 Å². The summed E-state index contributed by atoms with van der Waals surface area (Å²) in [7, 11) is 0. The van der Waals surface area contributed by atoms with E-state index < -0.39 is 5.97 Å². The van der Waals surface area contributed by atoms with Crippen molar-refractivity contribution < 1.29 is 19.1 Å². The Labute approximate surface area is 150 Å². The van der Waals surface area contributed by atoms with Crippen LogP contribution in [0.25, 0.3) is 0 Å². The van der Waals surface area contributed by atoms with Crippen LogP contribution in [0.5, 0.6) is 0 Å². The number of carbonyl (C=O) groups excluding carboxylic acids is 3. The minimum absolute atomic E-state index is 0.210. The second-order valence-corrected chi connectivity index (χ2v) is 5.93. The van der Waals surface area contributed by atoms with Crippen LogP contribution >= 0.6 is 0 Å². The number of nitrogens with zero attached hydrogens (tertiary/aromatic N) is 1. The Bertz CT molecular complexity index is 829. The number of hydrogen-bond donors (Lipinski definition) is 2. The van der Waals surface area contributed by atoms with Crippen LogP contribution in [0, 0.1) is 0 Å². The number of ether oxygens (including phenoxy) is 1. The maximum absolute atomic E-state index is 12.4. The molecule has 0 radical (unpaired) electrons. The van der Waals surface area contributed by atoms with Gasteiger partial charge in [0.05, 0.1) is 12.2 Å². The lowest BCUT2D eigenvalue weighted by atomic mass is 10.2. The Morgan fingerprint density at radius 3 is 2.46 bits per heavy atom. The van der Waals surface area contributed by atoms with Gasteiger partial charge < -0.3 is 15.4 Å². The molecular weight excluding hydrogens is 334 g/mol. The van der Waals surface area contributed by atoms with Crippen LogP contribution in [0.3, 0.4) is 0 Å². The number of hydrogen-bond acceptors (Lipinski definition) is 5. The molecule has 1 saturated carbocycles. The summed E-state index contributed by atoms with van der Waals surface area (Å²) in [6.07, 6.45) is 3.39. The highest BCUT2D eigenvalue weighted by Gasteiger charge is 2.24. The average Bonchev–Trinajstić information content (AvgIpc) is 3.46. The Morgan fingerprint density at radius 2 is 1.81 bits per heavy atom. The molecule has 1 aromatic carbocycles. The van der Waals surface area contributed by atoms with Gasteiger partial charge in [0.15, 0.2) is 0 Å². The number of benzene rings is 1. The first-order valence-electron chi connectivity index (χ1n) is 8.42. The molecule has 3 rings (SSSR count). The number of esters is 1. The molecule has 2 N–H and O–H groups in total. The van der Waals surface area contributed by atoms with Gasteiger partial charge in [-0.25, -0.2) is 4.79 Å². The normalized spacial score (nSPS) is 13.0. The third kappa shape index (κ3) is 4.44. The predicted octanol–water partition coefficient (Wildman–Crippen LogP) is 2.40. The van der Waals surface area contributed by atoms with E-state index in [0.717, 1.165) is 12.8 Å². The molecule has 1 aliphatic carbocycles. The van der Waals surface area contributed by atoms with Gasteiger partial charge in [-0.3, -0.25) is 14.6 Å². The highest BCUT2D eigenvalue weighted by atomic mass is 16.5. The van der Waals surface area contributed by atoms with Gasteiger partial charge in [-0.2, -0.15) is 0 Å². The number of amides is 2. The smallest absolute Gasteiger partial charge is 0.338 e. The molecule has 1 heterocycles. The summed E-state index contributed by atoms with van der Waals surface area (Å²) in [6, 6.07) is 9.61. The topological polar surface area (TPSA) is 97.4 Å². The fraction of sp³-hybridized carbons (Fsp3) is 0.263. The van der Waals surface area contributed by atoms with Crippen molar-refractivity contribution in [2.45, 2.75) is 25.8 Å². The van der Waals surface area contributed by atoms with E-state index in [4.69, 9.17) is 4.74 Å². The number of nitrogens with one attached hydrogen (secondary N) is 2. The Morgan fingerprint density at radius 1 is 1.08 bits per heavy atom. The summed E-state index contributed by atoms with van der Waals surface area (Å²) < 4.78 is 4.91. The first-order valence-corrected chi connectivity index (χ1v) is 8.42. The van der Waals surface area contributed by atoms with Crippen LogP contribution in [0.4, 0.5) is 5.69 Å². The molecule has 2 amide bonds. The third-order valence-corrected chi connectivity index (χ3v) is 3.82. The number of pyridine rings is 1. The van der Waals surface area contributed by atoms with E-state index in [1.807, 2.05) is 0 Å². The van der Waals surface area contributed by atoms with Crippen LogP contribution in [0.15, 0.2) is 42.6 Å². The summed E-state index contributed by atoms with van der Waals surface area (Å²) in [5, 5.41) is 5.56. The summed E-state index contributed by atoms with van der Waals surface area (Å²) >= 11 is 0. The quantitative estimate of drug-likeness (QED) is 0.777. The van der Waals surface area contributed by atoms with Crippen molar-refractivity contribution in [3.63, 3.8) is 0 Å². The third-order valence-electron chi connectivity index (χ3n) is 3.82. The number of aromatic nitrogens is 1. The predicted molar refractivity (Wildman–Crippen MR) is 95.1 cm³/mol. The van der Waals surface area contributed by atoms with Gasteiger partial charge in [0, 0.05) is 23.5 Å². The maximum Gasteiger partial charge on any atom is 0.338 e. The molecular formula is C19H19N3O4. The van der Waals surface area contributed by atoms with Crippen molar-refractivity contribution in [1.82, 2.24) is 10.3 Å². The van der Waals surface area contributed by atoms with E-state index in [9.17, 15) is 14.4 Å². The standard InChI is InChI=1S/C19H19N3O4/c1-2-26-19(25)12-3-5-14(6-4-12)21-17(23)13-9-10-20-16(11-13)18(24)22-15-7-8-15/h3-6,9-11,15H,2,7-8H2,1H3,(H,21,23)(H,22,24). The van der Waals surface area contributed by atoms with Crippen molar-refractivity contribution in [3.8, 4) is 0 Å². The summed E-state index contributed by atoms with van der Waals surface area (Å²) in [5.41, 5.74) is 1.48. The van der Waals surface area contributed by atoms with E-state index >= 15 is 0 Å². The highest BCUT2D eigenvalue weighted by molar-refractivity contribution is 6.05. The van der Waals surface area contributed by atoms with Crippen LogP contribution in [0.2, 0.25) is 0 Å². The lowest BCUT2D eigenvalue weighted by Gasteiger charge is -2.08.